The summed E-state index contributed by atoms with van der Waals surface area (Å²) in [5, 5.41) is 23.0. The molecular weight excluding hydrogens is 422 g/mol. The van der Waals surface area contributed by atoms with E-state index in [-0.39, 0.29) is 36.5 Å². The summed E-state index contributed by atoms with van der Waals surface area (Å²) in [6, 6.07) is 7.66. The average Bonchev–Trinajstić information content (AvgIpc) is 2.73. The fourth-order valence-corrected chi connectivity index (χ4v) is 3.50. The molecule has 9 nitrogen and oxygen atoms in total. The van der Waals surface area contributed by atoms with Crippen molar-refractivity contribution in [2.24, 2.45) is 0 Å². The third-order valence-corrected chi connectivity index (χ3v) is 5.16. The molecule has 0 saturated carbocycles. The Morgan fingerprint density at radius 3 is 2.35 bits per heavy atom. The second kappa shape index (κ2) is 11.2. The minimum Gasteiger partial charge on any atom is -0.461 e. The zero-order valence-electron chi connectivity index (χ0n) is 17.5. The Bertz CT molecular complexity index is 980. The number of hydrogen-bond donors (Lipinski definition) is 1. The zero-order chi connectivity index (χ0) is 23.0. The van der Waals surface area contributed by atoms with E-state index in [0.717, 1.165) is 0 Å². The topological polar surface area (TPSA) is 132 Å². The molecule has 0 aromatic heterocycles. The smallest absolute Gasteiger partial charge is 0.336 e. The van der Waals surface area contributed by atoms with Crippen LogP contribution in [0.15, 0.2) is 46.8 Å². The first-order valence-electron chi connectivity index (χ1n) is 9.44. The molecule has 0 spiro atoms. The highest BCUT2D eigenvalue weighted by atomic mass is 32.2. The zero-order valence-corrected chi connectivity index (χ0v) is 18.3. The summed E-state index contributed by atoms with van der Waals surface area (Å²) in [5.41, 5.74) is 1.48. The van der Waals surface area contributed by atoms with Gasteiger partial charge in [-0.2, -0.15) is 17.0 Å². The number of non-ortho nitro benzene ring substituents is 1. The van der Waals surface area contributed by atoms with Crippen LogP contribution < -0.4 is 5.32 Å². The van der Waals surface area contributed by atoms with Gasteiger partial charge in [0.25, 0.3) is 5.69 Å². The minimum absolute atomic E-state index is 0.0193. The third-order valence-electron chi connectivity index (χ3n) is 4.58. The number of esters is 2. The van der Waals surface area contributed by atoms with Crippen molar-refractivity contribution in [3.05, 3.63) is 62.5 Å². The number of thioether (sulfide) groups is 1. The molecule has 1 aromatic rings. The van der Waals surface area contributed by atoms with Crippen molar-refractivity contribution in [2.75, 3.05) is 25.2 Å². The number of carbonyl (C=O) groups is 2. The summed E-state index contributed by atoms with van der Waals surface area (Å²) < 4.78 is 10.6. The quantitative estimate of drug-likeness (QED) is 0.263. The Morgan fingerprint density at radius 2 is 1.81 bits per heavy atom. The molecule has 1 aromatic carbocycles. The van der Waals surface area contributed by atoms with E-state index >= 15 is 0 Å². The molecular formula is C21H23N3O6S. The summed E-state index contributed by atoms with van der Waals surface area (Å²) in [6.45, 7) is 3.41. The van der Waals surface area contributed by atoms with Crippen LogP contribution in [-0.2, 0) is 19.1 Å². The molecule has 1 heterocycles. The van der Waals surface area contributed by atoms with Crippen molar-refractivity contribution < 1.29 is 24.0 Å². The maximum absolute atomic E-state index is 12.9. The fraction of sp³-hybridized carbons (Fsp3) is 0.381. The number of nitro benzene ring substituents is 1. The van der Waals surface area contributed by atoms with E-state index in [1.54, 1.807) is 19.9 Å². The Hall–Kier alpha value is -3.32. The number of dihydropyridines is 1. The molecule has 1 atom stereocenters. The molecule has 1 unspecified atom stereocenters. The van der Waals surface area contributed by atoms with Crippen LogP contribution in [-0.4, -0.2) is 42.1 Å². The maximum atomic E-state index is 12.9. The van der Waals surface area contributed by atoms with Gasteiger partial charge < -0.3 is 14.8 Å². The van der Waals surface area contributed by atoms with Gasteiger partial charge in [0, 0.05) is 29.3 Å². The van der Waals surface area contributed by atoms with Gasteiger partial charge in [0.05, 0.1) is 34.5 Å². The van der Waals surface area contributed by atoms with Crippen molar-refractivity contribution in [2.45, 2.75) is 26.2 Å². The van der Waals surface area contributed by atoms with Crippen LogP contribution in [0.25, 0.3) is 0 Å². The highest BCUT2D eigenvalue weighted by Crippen LogP contribution is 2.40. The van der Waals surface area contributed by atoms with Crippen LogP contribution in [0, 0.1) is 21.4 Å². The highest BCUT2D eigenvalue weighted by Gasteiger charge is 2.38. The SMILES string of the molecule is CSCCOC(=O)C1=C(C)NC(C)=C(C(=O)OCCC#N)C1c1cccc([N+](=O)[O-])c1. The first-order chi connectivity index (χ1) is 14.8. The normalized spacial score (nSPS) is 15.7. The molecule has 0 bridgehead atoms. The lowest BCUT2D eigenvalue weighted by Gasteiger charge is -2.30. The minimum atomic E-state index is -0.919. The standard InChI is InChI=1S/C21H23N3O6S/c1-13-17(20(25)29-9-5-8-22)19(15-6-4-7-16(12-15)24(27)28)18(14(2)23-13)21(26)30-10-11-31-3/h4,6-7,12,19,23H,5,9-11H2,1-3H3. The number of benzene rings is 1. The monoisotopic (exact) mass is 445 g/mol. The van der Waals surface area contributed by atoms with Crippen LogP contribution in [0.4, 0.5) is 5.69 Å². The van der Waals surface area contributed by atoms with Crippen molar-refractivity contribution >= 4 is 29.4 Å². The van der Waals surface area contributed by atoms with Crippen molar-refractivity contribution in [1.29, 1.82) is 5.26 Å². The predicted octanol–water partition coefficient (Wildman–Crippen LogP) is 3.19. The van der Waals surface area contributed by atoms with Crippen molar-refractivity contribution in [3.8, 4) is 6.07 Å². The molecule has 0 saturated heterocycles. The van der Waals surface area contributed by atoms with Gasteiger partial charge in [0.15, 0.2) is 0 Å². The van der Waals surface area contributed by atoms with Gasteiger partial charge in [-0.1, -0.05) is 12.1 Å². The lowest BCUT2D eigenvalue weighted by atomic mass is 9.80. The molecule has 1 N–H and O–H groups in total. The summed E-state index contributed by atoms with van der Waals surface area (Å²) in [6.07, 6.45) is 1.90. The molecule has 0 amide bonds. The van der Waals surface area contributed by atoms with E-state index < -0.39 is 22.8 Å². The van der Waals surface area contributed by atoms with Gasteiger partial charge in [-0.3, -0.25) is 10.1 Å². The summed E-state index contributed by atoms with van der Waals surface area (Å²) in [5.74, 6) is -1.65. The third kappa shape index (κ3) is 5.86. The van der Waals surface area contributed by atoms with Gasteiger partial charge in [0.2, 0.25) is 0 Å². The van der Waals surface area contributed by atoms with E-state index in [2.05, 4.69) is 5.32 Å². The highest BCUT2D eigenvalue weighted by molar-refractivity contribution is 7.98. The van der Waals surface area contributed by atoms with Gasteiger partial charge in [-0.05, 0) is 25.7 Å². The van der Waals surface area contributed by atoms with Gasteiger partial charge >= 0.3 is 11.9 Å². The summed E-state index contributed by atoms with van der Waals surface area (Å²) >= 11 is 1.52. The van der Waals surface area contributed by atoms with E-state index in [9.17, 15) is 19.7 Å². The van der Waals surface area contributed by atoms with Crippen LogP contribution in [0.5, 0.6) is 0 Å². The van der Waals surface area contributed by atoms with Gasteiger partial charge in [-0.25, -0.2) is 9.59 Å². The number of nitrogens with one attached hydrogen (secondary N) is 1. The van der Waals surface area contributed by atoms with E-state index in [1.165, 1.54) is 30.0 Å². The average molecular weight is 445 g/mol. The maximum Gasteiger partial charge on any atom is 0.336 e. The number of ether oxygens (including phenoxy) is 2. The summed E-state index contributed by atoms with van der Waals surface area (Å²) in [7, 11) is 0. The number of nitriles is 1. The van der Waals surface area contributed by atoms with E-state index in [0.29, 0.717) is 22.7 Å². The molecule has 1 aliphatic heterocycles. The molecule has 2 rings (SSSR count). The molecule has 10 heteroatoms. The number of carbonyl (C=O) groups excluding carboxylic acids is 2. The summed E-state index contributed by atoms with van der Waals surface area (Å²) in [4.78, 5) is 36.6. The molecule has 1 aliphatic rings. The molecule has 0 aliphatic carbocycles. The number of nitrogens with zero attached hydrogens (tertiary/aromatic N) is 2. The second-order valence-electron chi connectivity index (χ2n) is 6.66. The lowest BCUT2D eigenvalue weighted by molar-refractivity contribution is -0.384. The molecule has 164 valence electrons. The van der Waals surface area contributed by atoms with Crippen LogP contribution in [0.2, 0.25) is 0 Å². The fourth-order valence-electron chi connectivity index (χ4n) is 3.25. The number of allylic oxidation sites excluding steroid dienone is 2. The van der Waals surface area contributed by atoms with Gasteiger partial charge in [-0.15, -0.1) is 0 Å². The Labute approximate surface area is 184 Å². The number of nitro groups is 1. The molecule has 0 fully saturated rings. The lowest BCUT2D eigenvalue weighted by Crippen LogP contribution is -2.32. The Morgan fingerprint density at radius 1 is 1.19 bits per heavy atom. The van der Waals surface area contributed by atoms with Crippen molar-refractivity contribution in [1.82, 2.24) is 5.32 Å². The van der Waals surface area contributed by atoms with Crippen LogP contribution in [0.3, 0.4) is 0 Å². The van der Waals surface area contributed by atoms with Crippen LogP contribution in [0.1, 0.15) is 31.7 Å². The Balaban J connectivity index is 2.55. The van der Waals surface area contributed by atoms with E-state index in [4.69, 9.17) is 14.7 Å². The van der Waals surface area contributed by atoms with Crippen molar-refractivity contribution in [3.63, 3.8) is 0 Å². The number of hydrogen-bond acceptors (Lipinski definition) is 9. The molecule has 31 heavy (non-hydrogen) atoms. The van der Waals surface area contributed by atoms with Crippen LogP contribution >= 0.6 is 11.8 Å². The Kier molecular flexibility index (Phi) is 8.63. The van der Waals surface area contributed by atoms with Gasteiger partial charge in [0.1, 0.15) is 13.2 Å². The van der Waals surface area contributed by atoms with E-state index in [1.807, 2.05) is 12.3 Å². The first kappa shape index (κ1) is 24.0. The first-order valence-corrected chi connectivity index (χ1v) is 10.8. The largest absolute Gasteiger partial charge is 0.461 e. The predicted molar refractivity (Wildman–Crippen MR) is 115 cm³/mol. The second-order valence-corrected chi connectivity index (χ2v) is 7.65. The molecule has 0 radical (unpaired) electrons. The number of rotatable bonds is 9.